The van der Waals surface area contributed by atoms with Gasteiger partial charge in [-0.3, -0.25) is 4.18 Å². The molecule has 0 N–H and O–H groups in total. The molecular formula is C15H20O6S. The lowest BCUT2D eigenvalue weighted by Gasteiger charge is -2.37. The Morgan fingerprint density at radius 3 is 2.55 bits per heavy atom. The SMILES string of the molecule is COC(=O)C1(C(C)OS(=O)c2ccc(C)cc2)COCCO1. The van der Waals surface area contributed by atoms with Gasteiger partial charge >= 0.3 is 5.97 Å². The number of aryl methyl sites for hydroxylation is 1. The van der Waals surface area contributed by atoms with Gasteiger partial charge in [0.2, 0.25) is 5.60 Å². The van der Waals surface area contributed by atoms with Crippen molar-refractivity contribution < 1.29 is 27.4 Å². The van der Waals surface area contributed by atoms with Gasteiger partial charge in [0.25, 0.3) is 0 Å². The van der Waals surface area contributed by atoms with Crippen molar-refractivity contribution >= 4 is 17.0 Å². The summed E-state index contributed by atoms with van der Waals surface area (Å²) in [4.78, 5) is 12.6. The lowest BCUT2D eigenvalue weighted by molar-refractivity contribution is -0.214. The van der Waals surface area contributed by atoms with E-state index in [-0.39, 0.29) is 13.2 Å². The number of esters is 1. The highest BCUT2D eigenvalue weighted by molar-refractivity contribution is 7.80. The molecule has 1 heterocycles. The Kier molecular flexibility index (Phi) is 5.69. The molecule has 7 heteroatoms. The van der Waals surface area contributed by atoms with Crippen molar-refractivity contribution in [2.75, 3.05) is 26.9 Å². The van der Waals surface area contributed by atoms with E-state index in [2.05, 4.69) is 0 Å². The molecule has 1 aromatic rings. The average molecular weight is 328 g/mol. The predicted molar refractivity (Wildman–Crippen MR) is 79.7 cm³/mol. The van der Waals surface area contributed by atoms with E-state index in [1.165, 1.54) is 7.11 Å². The van der Waals surface area contributed by atoms with Gasteiger partial charge in [-0.15, -0.1) is 0 Å². The van der Waals surface area contributed by atoms with Gasteiger partial charge in [-0.1, -0.05) is 17.7 Å². The smallest absolute Gasteiger partial charge is 0.343 e. The third kappa shape index (κ3) is 3.55. The second-order valence-electron chi connectivity index (χ2n) is 5.07. The van der Waals surface area contributed by atoms with Crippen molar-refractivity contribution in [3.63, 3.8) is 0 Å². The molecule has 1 saturated heterocycles. The fourth-order valence-electron chi connectivity index (χ4n) is 2.15. The van der Waals surface area contributed by atoms with Crippen LogP contribution in [0.25, 0.3) is 0 Å². The van der Waals surface area contributed by atoms with Crippen LogP contribution in [0.1, 0.15) is 12.5 Å². The number of benzene rings is 1. The fraction of sp³-hybridized carbons (Fsp3) is 0.533. The van der Waals surface area contributed by atoms with E-state index in [1.54, 1.807) is 19.1 Å². The highest BCUT2D eigenvalue weighted by Gasteiger charge is 2.50. The quantitative estimate of drug-likeness (QED) is 0.761. The molecule has 0 spiro atoms. The second kappa shape index (κ2) is 7.32. The van der Waals surface area contributed by atoms with Crippen LogP contribution in [-0.4, -0.2) is 48.8 Å². The summed E-state index contributed by atoms with van der Waals surface area (Å²) in [6.07, 6.45) is -0.789. The first-order valence-corrected chi connectivity index (χ1v) is 8.03. The summed E-state index contributed by atoms with van der Waals surface area (Å²) in [5, 5.41) is 0. The van der Waals surface area contributed by atoms with Crippen LogP contribution in [0, 0.1) is 6.92 Å². The number of hydrogen-bond acceptors (Lipinski definition) is 6. The summed E-state index contributed by atoms with van der Waals surface area (Å²) >= 11 is -1.71. The minimum atomic E-state index is -1.71. The largest absolute Gasteiger partial charge is 0.467 e. The Morgan fingerprint density at radius 1 is 1.32 bits per heavy atom. The summed E-state index contributed by atoms with van der Waals surface area (Å²) < 4.78 is 33.5. The van der Waals surface area contributed by atoms with Crippen molar-refractivity contribution in [2.24, 2.45) is 0 Å². The molecule has 0 bridgehead atoms. The Hall–Kier alpha value is -1.28. The molecule has 0 aliphatic carbocycles. The third-order valence-electron chi connectivity index (χ3n) is 3.54. The maximum atomic E-state index is 12.3. The van der Waals surface area contributed by atoms with Crippen LogP contribution in [0.15, 0.2) is 29.2 Å². The zero-order chi connectivity index (χ0) is 16.2. The van der Waals surface area contributed by atoms with Crippen LogP contribution in [0.4, 0.5) is 0 Å². The van der Waals surface area contributed by atoms with Crippen molar-refractivity contribution in [2.45, 2.75) is 30.4 Å². The second-order valence-corrected chi connectivity index (χ2v) is 6.20. The zero-order valence-electron chi connectivity index (χ0n) is 12.9. The van der Waals surface area contributed by atoms with E-state index in [1.807, 2.05) is 19.1 Å². The van der Waals surface area contributed by atoms with Gasteiger partial charge in [-0.2, -0.15) is 0 Å². The monoisotopic (exact) mass is 328 g/mol. The van der Waals surface area contributed by atoms with Crippen molar-refractivity contribution in [1.29, 1.82) is 0 Å². The molecule has 0 saturated carbocycles. The van der Waals surface area contributed by atoms with Crippen LogP contribution >= 0.6 is 0 Å². The summed E-state index contributed by atoms with van der Waals surface area (Å²) in [5.74, 6) is -0.597. The fourth-order valence-corrected chi connectivity index (χ4v) is 3.04. The maximum Gasteiger partial charge on any atom is 0.343 e. The highest BCUT2D eigenvalue weighted by atomic mass is 32.2. The Labute approximate surface area is 132 Å². The zero-order valence-corrected chi connectivity index (χ0v) is 13.7. The number of hydrogen-bond donors (Lipinski definition) is 0. The van der Waals surface area contributed by atoms with Crippen molar-refractivity contribution in [3.05, 3.63) is 29.8 Å². The van der Waals surface area contributed by atoms with Gasteiger partial charge in [0.15, 0.2) is 11.1 Å². The molecule has 1 aliphatic rings. The highest BCUT2D eigenvalue weighted by Crippen LogP contribution is 2.26. The third-order valence-corrected chi connectivity index (χ3v) is 4.66. The van der Waals surface area contributed by atoms with Gasteiger partial charge in [-0.05, 0) is 26.0 Å². The lowest BCUT2D eigenvalue weighted by Crippen LogP contribution is -2.58. The summed E-state index contributed by atoms with van der Waals surface area (Å²) in [6.45, 7) is 4.21. The maximum absolute atomic E-state index is 12.3. The summed E-state index contributed by atoms with van der Waals surface area (Å²) in [6, 6.07) is 7.14. The number of carbonyl (C=O) groups is 1. The van der Waals surface area contributed by atoms with Crippen molar-refractivity contribution in [1.82, 2.24) is 0 Å². The Morgan fingerprint density at radius 2 is 2.00 bits per heavy atom. The van der Waals surface area contributed by atoms with Crippen molar-refractivity contribution in [3.8, 4) is 0 Å². The minimum absolute atomic E-state index is 0.00589. The molecule has 1 aromatic carbocycles. The lowest BCUT2D eigenvalue weighted by atomic mass is 9.98. The molecule has 122 valence electrons. The molecule has 22 heavy (non-hydrogen) atoms. The van der Waals surface area contributed by atoms with E-state index in [9.17, 15) is 9.00 Å². The molecule has 1 aliphatic heterocycles. The molecule has 0 amide bonds. The van der Waals surface area contributed by atoms with Gasteiger partial charge < -0.3 is 14.2 Å². The number of rotatable bonds is 5. The number of ether oxygens (including phenoxy) is 3. The first kappa shape index (κ1) is 17.1. The van der Waals surface area contributed by atoms with Gasteiger partial charge in [0, 0.05) is 0 Å². The molecule has 1 fully saturated rings. The summed E-state index contributed by atoms with van der Waals surface area (Å²) in [5.41, 5.74) is -0.336. The van der Waals surface area contributed by atoms with Crippen LogP contribution < -0.4 is 0 Å². The van der Waals surface area contributed by atoms with Gasteiger partial charge in [0.05, 0.1) is 31.8 Å². The van der Waals surface area contributed by atoms with Crippen LogP contribution in [0.3, 0.4) is 0 Å². The van der Waals surface area contributed by atoms with Crippen LogP contribution in [0.5, 0.6) is 0 Å². The van der Waals surface area contributed by atoms with E-state index in [4.69, 9.17) is 18.4 Å². The number of carbonyl (C=O) groups excluding carboxylic acids is 1. The van der Waals surface area contributed by atoms with Gasteiger partial charge in [0.1, 0.15) is 6.10 Å². The average Bonchev–Trinajstić information content (AvgIpc) is 2.55. The molecule has 3 atom stereocenters. The van der Waals surface area contributed by atoms with Crippen LogP contribution in [0.2, 0.25) is 0 Å². The van der Waals surface area contributed by atoms with E-state index < -0.39 is 28.8 Å². The molecule has 2 rings (SSSR count). The molecule has 0 radical (unpaired) electrons. The first-order valence-electron chi connectivity index (χ1n) is 6.95. The molecule has 0 aromatic heterocycles. The molecule has 6 nitrogen and oxygen atoms in total. The van der Waals surface area contributed by atoms with Crippen LogP contribution in [-0.2, 0) is 34.3 Å². The predicted octanol–water partition coefficient (Wildman–Crippen LogP) is 1.38. The Balaban J connectivity index is 2.13. The molecule has 3 unspecified atom stereocenters. The first-order chi connectivity index (χ1) is 10.5. The minimum Gasteiger partial charge on any atom is -0.467 e. The normalized spacial score (nSPS) is 24.5. The topological polar surface area (TPSA) is 71.1 Å². The van der Waals surface area contributed by atoms with E-state index in [0.29, 0.717) is 11.5 Å². The number of methoxy groups -OCH3 is 1. The van der Waals surface area contributed by atoms with Gasteiger partial charge in [-0.25, -0.2) is 9.00 Å². The summed E-state index contributed by atoms with van der Waals surface area (Å²) in [7, 11) is 1.27. The van der Waals surface area contributed by atoms with E-state index >= 15 is 0 Å². The standard InChI is InChI=1S/C15H20O6S/c1-11-4-6-13(7-5-11)22(17)21-12(2)15(14(16)18-3)10-19-8-9-20-15/h4-7,12H,8-10H2,1-3H3. The van der Waals surface area contributed by atoms with E-state index in [0.717, 1.165) is 5.56 Å². The molecular weight excluding hydrogens is 308 g/mol. The Bertz CT molecular complexity index is 535.